The number of benzene rings is 1. The van der Waals surface area contributed by atoms with Gasteiger partial charge >= 0.3 is 0 Å². The molecule has 0 saturated carbocycles. The fourth-order valence-electron chi connectivity index (χ4n) is 2.46. The third kappa shape index (κ3) is 2.41. The van der Waals surface area contributed by atoms with E-state index in [1.165, 1.54) is 29.7 Å². The summed E-state index contributed by atoms with van der Waals surface area (Å²) in [5.41, 5.74) is 4.12. The summed E-state index contributed by atoms with van der Waals surface area (Å²) in [4.78, 5) is 0. The van der Waals surface area contributed by atoms with Crippen LogP contribution in [0, 0.1) is 0 Å². The van der Waals surface area contributed by atoms with Crippen molar-refractivity contribution in [3.8, 4) is 0 Å². The van der Waals surface area contributed by atoms with Gasteiger partial charge in [-0.1, -0.05) is 18.2 Å². The first kappa shape index (κ1) is 11.4. The summed E-state index contributed by atoms with van der Waals surface area (Å²) in [7, 11) is 0. The Hall–Kier alpha value is -1.74. The monoisotopic (exact) mass is 242 g/mol. The zero-order valence-corrected chi connectivity index (χ0v) is 10.4. The number of nitrogens with one attached hydrogen (secondary N) is 2. The lowest BCUT2D eigenvalue weighted by atomic mass is 9.99. The molecule has 0 fully saturated rings. The molecule has 0 bridgehead atoms. The molecule has 0 saturated heterocycles. The lowest BCUT2D eigenvalue weighted by molar-refractivity contribution is 0.483. The van der Waals surface area contributed by atoms with E-state index in [0.717, 1.165) is 25.4 Å². The van der Waals surface area contributed by atoms with Crippen LogP contribution in [0.3, 0.4) is 0 Å². The van der Waals surface area contributed by atoms with Crippen LogP contribution in [0.25, 0.3) is 0 Å². The minimum atomic E-state index is 0.774. The maximum atomic E-state index is 5.31. The van der Waals surface area contributed by atoms with Gasteiger partial charge in [-0.2, -0.15) is 0 Å². The SMILES string of the molecule is c1coc(CNCc2cccc3c2NCCC3)c1. The van der Waals surface area contributed by atoms with Crippen molar-refractivity contribution in [2.45, 2.75) is 25.9 Å². The molecule has 0 aliphatic carbocycles. The highest BCUT2D eigenvalue weighted by atomic mass is 16.3. The van der Waals surface area contributed by atoms with Crippen LogP contribution in [0.2, 0.25) is 0 Å². The highest BCUT2D eigenvalue weighted by Crippen LogP contribution is 2.25. The van der Waals surface area contributed by atoms with Crippen LogP contribution in [-0.2, 0) is 19.5 Å². The molecule has 3 nitrogen and oxygen atoms in total. The lowest BCUT2D eigenvalue weighted by Crippen LogP contribution is -2.18. The van der Waals surface area contributed by atoms with E-state index >= 15 is 0 Å². The fourth-order valence-corrected chi connectivity index (χ4v) is 2.46. The first-order valence-corrected chi connectivity index (χ1v) is 6.51. The summed E-state index contributed by atoms with van der Waals surface area (Å²) in [5.74, 6) is 0.979. The van der Waals surface area contributed by atoms with Crippen LogP contribution in [0.1, 0.15) is 23.3 Å². The molecule has 2 aromatic rings. The van der Waals surface area contributed by atoms with Crippen LogP contribution in [0.5, 0.6) is 0 Å². The van der Waals surface area contributed by atoms with E-state index in [4.69, 9.17) is 4.42 Å². The van der Waals surface area contributed by atoms with Crippen molar-refractivity contribution in [2.75, 3.05) is 11.9 Å². The topological polar surface area (TPSA) is 37.2 Å². The van der Waals surface area contributed by atoms with Crippen LogP contribution in [0.15, 0.2) is 41.0 Å². The molecule has 3 rings (SSSR count). The highest BCUT2D eigenvalue weighted by Gasteiger charge is 2.11. The van der Waals surface area contributed by atoms with Gasteiger partial charge in [0.05, 0.1) is 12.8 Å². The van der Waals surface area contributed by atoms with E-state index in [1.54, 1.807) is 6.26 Å². The Labute approximate surface area is 107 Å². The van der Waals surface area contributed by atoms with Gasteiger partial charge in [-0.25, -0.2) is 0 Å². The van der Waals surface area contributed by atoms with Gasteiger partial charge in [0.25, 0.3) is 0 Å². The zero-order chi connectivity index (χ0) is 12.2. The van der Waals surface area contributed by atoms with E-state index in [0.29, 0.717) is 0 Å². The van der Waals surface area contributed by atoms with E-state index in [9.17, 15) is 0 Å². The average molecular weight is 242 g/mol. The van der Waals surface area contributed by atoms with Crippen molar-refractivity contribution in [1.82, 2.24) is 5.32 Å². The Balaban J connectivity index is 1.65. The quantitative estimate of drug-likeness (QED) is 0.865. The highest BCUT2D eigenvalue weighted by molar-refractivity contribution is 5.59. The van der Waals surface area contributed by atoms with Gasteiger partial charge in [0.15, 0.2) is 0 Å². The summed E-state index contributed by atoms with van der Waals surface area (Å²) in [6.07, 6.45) is 4.13. The van der Waals surface area contributed by atoms with Gasteiger partial charge in [-0.05, 0) is 36.1 Å². The van der Waals surface area contributed by atoms with Gasteiger partial charge in [0.1, 0.15) is 5.76 Å². The predicted octanol–water partition coefficient (Wildman–Crippen LogP) is 2.93. The maximum Gasteiger partial charge on any atom is 0.117 e. The molecule has 1 aliphatic heterocycles. The van der Waals surface area contributed by atoms with Crippen molar-refractivity contribution in [3.05, 3.63) is 53.5 Å². The standard InChI is InChI=1S/C15H18N2O/c1-4-12-6-2-8-17-15(12)13(5-1)10-16-11-14-7-3-9-18-14/h1,3-5,7,9,16-17H,2,6,8,10-11H2. The normalized spacial score (nSPS) is 14.0. The molecule has 1 aromatic heterocycles. The number of aryl methyl sites for hydroxylation is 1. The molecule has 1 aromatic carbocycles. The minimum absolute atomic E-state index is 0.774. The van der Waals surface area contributed by atoms with Gasteiger partial charge in [0, 0.05) is 18.8 Å². The van der Waals surface area contributed by atoms with Crippen molar-refractivity contribution in [2.24, 2.45) is 0 Å². The molecule has 0 amide bonds. The van der Waals surface area contributed by atoms with Gasteiger partial charge < -0.3 is 15.1 Å². The van der Waals surface area contributed by atoms with E-state index in [2.05, 4.69) is 28.8 Å². The van der Waals surface area contributed by atoms with Crippen molar-refractivity contribution in [3.63, 3.8) is 0 Å². The Kier molecular flexibility index (Phi) is 3.33. The Bertz CT molecular complexity index is 505. The lowest BCUT2D eigenvalue weighted by Gasteiger charge is -2.21. The van der Waals surface area contributed by atoms with E-state index < -0.39 is 0 Å². The Morgan fingerprint density at radius 2 is 2.17 bits per heavy atom. The average Bonchev–Trinajstić information content (AvgIpc) is 2.92. The van der Waals surface area contributed by atoms with Crippen LogP contribution >= 0.6 is 0 Å². The molecule has 2 N–H and O–H groups in total. The summed E-state index contributed by atoms with van der Waals surface area (Å²) < 4.78 is 5.31. The molecule has 18 heavy (non-hydrogen) atoms. The third-order valence-electron chi connectivity index (χ3n) is 3.36. The maximum absolute atomic E-state index is 5.31. The number of fused-ring (bicyclic) bond motifs is 1. The van der Waals surface area contributed by atoms with E-state index in [1.807, 2.05) is 12.1 Å². The molecule has 0 spiro atoms. The number of hydrogen-bond donors (Lipinski definition) is 2. The molecule has 1 aliphatic rings. The van der Waals surface area contributed by atoms with Crippen molar-refractivity contribution < 1.29 is 4.42 Å². The Morgan fingerprint density at radius 1 is 1.17 bits per heavy atom. The van der Waals surface area contributed by atoms with E-state index in [-0.39, 0.29) is 0 Å². The van der Waals surface area contributed by atoms with Crippen LogP contribution < -0.4 is 10.6 Å². The molecule has 0 atom stereocenters. The second-order valence-corrected chi connectivity index (χ2v) is 4.66. The second kappa shape index (κ2) is 5.27. The summed E-state index contributed by atoms with van der Waals surface area (Å²) in [5, 5.41) is 6.93. The largest absolute Gasteiger partial charge is 0.468 e. The van der Waals surface area contributed by atoms with Crippen molar-refractivity contribution in [1.29, 1.82) is 0 Å². The molecule has 0 radical (unpaired) electrons. The molecule has 0 unspecified atom stereocenters. The van der Waals surface area contributed by atoms with Gasteiger partial charge in [-0.15, -0.1) is 0 Å². The van der Waals surface area contributed by atoms with Crippen molar-refractivity contribution >= 4 is 5.69 Å². The summed E-state index contributed by atoms with van der Waals surface area (Å²) in [6, 6.07) is 10.5. The summed E-state index contributed by atoms with van der Waals surface area (Å²) >= 11 is 0. The number of furan rings is 1. The first-order chi connectivity index (χ1) is 8.93. The molecule has 94 valence electrons. The smallest absolute Gasteiger partial charge is 0.117 e. The van der Waals surface area contributed by atoms with Crippen LogP contribution in [-0.4, -0.2) is 6.54 Å². The summed E-state index contributed by atoms with van der Waals surface area (Å²) in [6.45, 7) is 2.73. The number of anilines is 1. The minimum Gasteiger partial charge on any atom is -0.468 e. The molecule has 2 heterocycles. The molecular weight excluding hydrogens is 224 g/mol. The van der Waals surface area contributed by atoms with Gasteiger partial charge in [-0.3, -0.25) is 0 Å². The number of para-hydroxylation sites is 1. The second-order valence-electron chi connectivity index (χ2n) is 4.66. The zero-order valence-electron chi connectivity index (χ0n) is 10.4. The third-order valence-corrected chi connectivity index (χ3v) is 3.36. The molecule has 3 heteroatoms. The fraction of sp³-hybridized carbons (Fsp3) is 0.333. The molecular formula is C15H18N2O. The predicted molar refractivity (Wildman–Crippen MR) is 72.5 cm³/mol. The van der Waals surface area contributed by atoms with Gasteiger partial charge in [0.2, 0.25) is 0 Å². The number of hydrogen-bond acceptors (Lipinski definition) is 3. The van der Waals surface area contributed by atoms with Crippen LogP contribution in [0.4, 0.5) is 5.69 Å². The first-order valence-electron chi connectivity index (χ1n) is 6.51. The number of rotatable bonds is 4. The Morgan fingerprint density at radius 3 is 3.06 bits per heavy atom.